The summed E-state index contributed by atoms with van der Waals surface area (Å²) in [5, 5.41) is 0. The quantitative estimate of drug-likeness (QED) is 0.402. The van der Waals surface area contributed by atoms with Gasteiger partial charge in [0.2, 0.25) is 0 Å². The summed E-state index contributed by atoms with van der Waals surface area (Å²) in [6, 6.07) is 0. The summed E-state index contributed by atoms with van der Waals surface area (Å²) in [6.07, 6.45) is 0.957. The molecule has 0 N–H and O–H groups in total. The first kappa shape index (κ1) is 7.66. The van der Waals surface area contributed by atoms with Gasteiger partial charge >= 0.3 is 49.5 Å². The minimum atomic E-state index is 0.488. The zero-order valence-electron chi connectivity index (χ0n) is 5.39. The van der Waals surface area contributed by atoms with E-state index in [0.29, 0.717) is 19.9 Å². The SMILES string of the molecule is CC(C)CCOB=O. The molecule has 0 aliphatic carbocycles. The molecule has 0 spiro atoms. The molecule has 0 aromatic heterocycles. The molecule has 0 aliphatic heterocycles. The molecule has 0 radical (unpaired) electrons. The molecule has 46 valence electrons. The summed E-state index contributed by atoms with van der Waals surface area (Å²) in [6.45, 7) is 4.74. The maximum atomic E-state index is 9.56. The average Bonchev–Trinajstić information content (AvgIpc) is 1.66. The Bertz CT molecular complexity index is 63.4. The van der Waals surface area contributed by atoms with Crippen LogP contribution >= 0.6 is 0 Å². The van der Waals surface area contributed by atoms with Gasteiger partial charge in [-0.1, -0.05) is 0 Å². The molecule has 0 bridgehead atoms. The van der Waals surface area contributed by atoms with Gasteiger partial charge in [-0.2, -0.15) is 0 Å². The Hall–Kier alpha value is -0.335. The third kappa shape index (κ3) is 5.66. The monoisotopic (exact) mass is 114 g/mol. The van der Waals surface area contributed by atoms with Gasteiger partial charge < -0.3 is 0 Å². The molecule has 0 amide bonds. The van der Waals surface area contributed by atoms with Crippen molar-refractivity contribution in [1.82, 2.24) is 0 Å². The molecular formula is C5H11BO2. The summed E-state index contributed by atoms with van der Waals surface area (Å²) in [7, 11) is 0.488. The zero-order chi connectivity index (χ0) is 6.41. The second-order valence-electron chi connectivity index (χ2n) is 2.15. The van der Waals surface area contributed by atoms with Gasteiger partial charge in [0.15, 0.2) is 0 Å². The fraction of sp³-hybridized carbons (Fsp3) is 1.00. The minimum absolute atomic E-state index is 0.488. The van der Waals surface area contributed by atoms with Gasteiger partial charge in [0.1, 0.15) is 0 Å². The Kier molecular flexibility index (Phi) is 4.61. The third-order valence-electron chi connectivity index (χ3n) is 0.881. The van der Waals surface area contributed by atoms with E-state index in [4.69, 9.17) is 0 Å². The van der Waals surface area contributed by atoms with Crippen LogP contribution in [0.3, 0.4) is 0 Å². The zero-order valence-corrected chi connectivity index (χ0v) is 5.39. The summed E-state index contributed by atoms with van der Waals surface area (Å²) < 4.78 is 14.0. The van der Waals surface area contributed by atoms with Crippen LogP contribution in [0.5, 0.6) is 0 Å². The molecule has 3 heteroatoms. The number of hydrogen-bond acceptors (Lipinski definition) is 2. The fourth-order valence-electron chi connectivity index (χ4n) is 0.352. The molecule has 0 rings (SSSR count). The van der Waals surface area contributed by atoms with E-state index in [-0.39, 0.29) is 0 Å². The van der Waals surface area contributed by atoms with Crippen LogP contribution in [0.1, 0.15) is 20.3 Å². The van der Waals surface area contributed by atoms with E-state index in [0.717, 1.165) is 6.42 Å². The van der Waals surface area contributed by atoms with Gasteiger partial charge in [0.05, 0.1) is 0 Å². The molecule has 0 fully saturated rings. The van der Waals surface area contributed by atoms with Crippen molar-refractivity contribution in [1.29, 1.82) is 0 Å². The van der Waals surface area contributed by atoms with Gasteiger partial charge in [-0.25, -0.2) is 0 Å². The number of rotatable bonds is 4. The van der Waals surface area contributed by atoms with Crippen LogP contribution < -0.4 is 0 Å². The first-order valence-corrected chi connectivity index (χ1v) is 2.82. The summed E-state index contributed by atoms with van der Waals surface area (Å²) in [5.41, 5.74) is 0. The topological polar surface area (TPSA) is 26.3 Å². The van der Waals surface area contributed by atoms with Crippen molar-refractivity contribution in [2.24, 2.45) is 5.92 Å². The second-order valence-corrected chi connectivity index (χ2v) is 2.15. The normalized spacial score (nSPS) is 8.88. The number of hydrogen-bond donors (Lipinski definition) is 0. The van der Waals surface area contributed by atoms with Crippen molar-refractivity contribution in [3.05, 3.63) is 0 Å². The Balaban J connectivity index is 2.81. The maximum absolute atomic E-state index is 9.56. The Labute approximate surface area is 50.5 Å². The summed E-state index contributed by atoms with van der Waals surface area (Å²) in [5.74, 6) is 0.620. The van der Waals surface area contributed by atoms with Gasteiger partial charge in [-0.3, -0.25) is 0 Å². The van der Waals surface area contributed by atoms with Crippen LogP contribution in [0, 0.1) is 5.92 Å². The molecule has 2 nitrogen and oxygen atoms in total. The molecule has 0 unspecified atom stereocenters. The molecule has 0 aromatic rings. The predicted molar refractivity (Wildman–Crippen MR) is 31.8 cm³/mol. The Morgan fingerprint density at radius 2 is 2.25 bits per heavy atom. The van der Waals surface area contributed by atoms with Gasteiger partial charge in [-0.05, 0) is 0 Å². The van der Waals surface area contributed by atoms with Crippen molar-refractivity contribution in [3.63, 3.8) is 0 Å². The standard InChI is InChI=1S/C5H11BO2/c1-5(2)3-4-8-6-7/h5H,3-4H2,1-2H3. The second kappa shape index (κ2) is 4.81. The first-order valence-electron chi connectivity index (χ1n) is 2.82. The van der Waals surface area contributed by atoms with Crippen molar-refractivity contribution < 1.29 is 9.36 Å². The molecule has 0 heterocycles. The van der Waals surface area contributed by atoms with Crippen LogP contribution in [0.4, 0.5) is 0 Å². The van der Waals surface area contributed by atoms with Crippen molar-refractivity contribution in [2.75, 3.05) is 6.61 Å². The Morgan fingerprint density at radius 3 is 2.62 bits per heavy atom. The van der Waals surface area contributed by atoms with Crippen molar-refractivity contribution in [2.45, 2.75) is 20.3 Å². The predicted octanol–water partition coefficient (Wildman–Crippen LogP) is 1.01. The van der Waals surface area contributed by atoms with Crippen LogP contribution in [0.25, 0.3) is 0 Å². The third-order valence-corrected chi connectivity index (χ3v) is 0.881. The molecule has 0 aromatic carbocycles. The first-order chi connectivity index (χ1) is 3.77. The molecular weight excluding hydrogens is 103 g/mol. The van der Waals surface area contributed by atoms with Crippen LogP contribution in [0.15, 0.2) is 0 Å². The van der Waals surface area contributed by atoms with Gasteiger partial charge in [-0.15, -0.1) is 0 Å². The molecule has 0 aliphatic rings. The van der Waals surface area contributed by atoms with Crippen molar-refractivity contribution in [3.8, 4) is 0 Å². The Morgan fingerprint density at radius 1 is 1.62 bits per heavy atom. The van der Waals surface area contributed by atoms with Crippen LogP contribution in [-0.2, 0) is 9.36 Å². The van der Waals surface area contributed by atoms with E-state index in [1.54, 1.807) is 0 Å². The van der Waals surface area contributed by atoms with E-state index in [1.807, 2.05) is 0 Å². The van der Waals surface area contributed by atoms with Gasteiger partial charge in [0, 0.05) is 0 Å². The van der Waals surface area contributed by atoms with Gasteiger partial charge in [0.25, 0.3) is 0 Å². The van der Waals surface area contributed by atoms with E-state index < -0.39 is 0 Å². The summed E-state index contributed by atoms with van der Waals surface area (Å²) in [4.78, 5) is 0. The van der Waals surface area contributed by atoms with E-state index in [2.05, 4.69) is 18.5 Å². The molecule has 0 saturated heterocycles. The van der Waals surface area contributed by atoms with E-state index in [1.165, 1.54) is 0 Å². The van der Waals surface area contributed by atoms with Crippen LogP contribution in [0.2, 0.25) is 0 Å². The van der Waals surface area contributed by atoms with E-state index in [9.17, 15) is 4.70 Å². The molecule has 0 atom stereocenters. The van der Waals surface area contributed by atoms with Crippen molar-refractivity contribution >= 4 is 7.35 Å². The summed E-state index contributed by atoms with van der Waals surface area (Å²) >= 11 is 0. The fourth-order valence-corrected chi connectivity index (χ4v) is 0.352. The molecule has 8 heavy (non-hydrogen) atoms. The van der Waals surface area contributed by atoms with Crippen LogP contribution in [-0.4, -0.2) is 14.0 Å². The average molecular weight is 114 g/mol. The molecule has 0 saturated carbocycles. The van der Waals surface area contributed by atoms with E-state index >= 15 is 0 Å².